The number of hydrogen-bond donors (Lipinski definition) is 0. The highest BCUT2D eigenvalue weighted by Crippen LogP contribution is 2.36. The van der Waals surface area contributed by atoms with Gasteiger partial charge in [0.1, 0.15) is 11.4 Å². The molecule has 3 rings (SSSR count). The summed E-state index contributed by atoms with van der Waals surface area (Å²) in [6.45, 7) is 16.3. The monoisotopic (exact) mass is 462 g/mol. The first-order valence-corrected chi connectivity index (χ1v) is 11.5. The molecule has 0 aliphatic carbocycles. The summed E-state index contributed by atoms with van der Waals surface area (Å²) in [5, 5.41) is 0. The van der Waals surface area contributed by atoms with E-state index in [4.69, 9.17) is 14.0 Å². The van der Waals surface area contributed by atoms with Crippen LogP contribution in [0.2, 0.25) is 0 Å². The van der Waals surface area contributed by atoms with Crippen LogP contribution in [0.25, 0.3) is 0 Å². The number of nitrogens with zero attached hydrogens (tertiary/aromatic N) is 2. The Morgan fingerprint density at radius 2 is 1.76 bits per heavy atom. The summed E-state index contributed by atoms with van der Waals surface area (Å²) in [6.07, 6.45) is -0.457. The highest BCUT2D eigenvalue weighted by molar-refractivity contribution is 6.62. The molecule has 0 aromatic heterocycles. The quantitative estimate of drug-likeness (QED) is 0.646. The van der Waals surface area contributed by atoms with Crippen LogP contribution < -0.4 is 5.46 Å². The summed E-state index contributed by atoms with van der Waals surface area (Å²) >= 11 is 0. The predicted molar refractivity (Wildman–Crippen MR) is 125 cm³/mol. The van der Waals surface area contributed by atoms with Gasteiger partial charge < -0.3 is 23.8 Å². The fraction of sp³-hybridized carbons (Fsp3) is 0.667. The summed E-state index contributed by atoms with van der Waals surface area (Å²) in [4.78, 5) is 28.7. The molecule has 2 heterocycles. The number of piperazine rings is 1. The highest BCUT2D eigenvalue weighted by atomic mass is 19.1. The van der Waals surface area contributed by atoms with E-state index in [1.54, 1.807) is 21.9 Å². The lowest BCUT2D eigenvalue weighted by Crippen LogP contribution is -2.56. The number of halogens is 1. The second-order valence-corrected chi connectivity index (χ2v) is 11.0. The number of benzene rings is 1. The van der Waals surface area contributed by atoms with Gasteiger partial charge in [-0.3, -0.25) is 4.79 Å². The second kappa shape index (κ2) is 8.91. The van der Waals surface area contributed by atoms with Crippen molar-refractivity contribution in [1.82, 2.24) is 9.80 Å². The molecule has 0 bridgehead atoms. The molecule has 2 fully saturated rings. The van der Waals surface area contributed by atoms with E-state index in [9.17, 15) is 14.0 Å². The third-order valence-electron chi connectivity index (χ3n) is 6.55. The van der Waals surface area contributed by atoms with Crippen molar-refractivity contribution < 1.29 is 28.0 Å². The Labute approximate surface area is 196 Å². The number of carbonyl (C=O) groups is 2. The Morgan fingerprint density at radius 1 is 1.15 bits per heavy atom. The van der Waals surface area contributed by atoms with E-state index in [0.717, 1.165) is 0 Å². The number of ether oxygens (including phenoxy) is 1. The Balaban J connectivity index is 1.65. The van der Waals surface area contributed by atoms with E-state index in [-0.39, 0.29) is 24.5 Å². The first-order chi connectivity index (χ1) is 15.1. The smallest absolute Gasteiger partial charge is 0.444 e. The van der Waals surface area contributed by atoms with Gasteiger partial charge in [0.05, 0.1) is 17.6 Å². The topological polar surface area (TPSA) is 68.3 Å². The summed E-state index contributed by atoms with van der Waals surface area (Å²) < 4.78 is 32.1. The molecule has 2 amide bonds. The second-order valence-electron chi connectivity index (χ2n) is 11.0. The van der Waals surface area contributed by atoms with Crippen molar-refractivity contribution in [1.29, 1.82) is 0 Å². The van der Waals surface area contributed by atoms with Crippen LogP contribution in [-0.4, -0.2) is 71.4 Å². The van der Waals surface area contributed by atoms with Gasteiger partial charge in [0, 0.05) is 25.7 Å². The van der Waals surface area contributed by atoms with Gasteiger partial charge in [0.15, 0.2) is 0 Å². The minimum Gasteiger partial charge on any atom is -0.444 e. The maximum Gasteiger partial charge on any atom is 0.494 e. The summed E-state index contributed by atoms with van der Waals surface area (Å²) in [5.74, 6) is -0.625. The highest BCUT2D eigenvalue weighted by Gasteiger charge is 2.51. The average Bonchev–Trinajstić information content (AvgIpc) is 2.89. The molecule has 1 aromatic carbocycles. The van der Waals surface area contributed by atoms with Crippen molar-refractivity contribution >= 4 is 24.6 Å². The summed E-state index contributed by atoms with van der Waals surface area (Å²) in [5.41, 5.74) is -0.614. The Kier molecular flexibility index (Phi) is 6.88. The molecule has 2 saturated heterocycles. The summed E-state index contributed by atoms with van der Waals surface area (Å²) in [6, 6.07) is 4.44. The standard InChI is InChI=1S/C24H36BFN2O5/c1-16-15-27(11-12-28(16)21(30)31-22(2,3)4)20(29)14-17-13-18(9-10-19(17)26)25-32-23(5,6)24(7,8)33-25/h9-10,13,16H,11-12,14-15H2,1-8H3/t16-/m0/s1. The lowest BCUT2D eigenvalue weighted by atomic mass is 9.78. The minimum atomic E-state index is -0.623. The largest absolute Gasteiger partial charge is 0.494 e. The van der Waals surface area contributed by atoms with Gasteiger partial charge in [0.25, 0.3) is 0 Å². The van der Waals surface area contributed by atoms with Crippen LogP contribution in [0, 0.1) is 5.82 Å². The van der Waals surface area contributed by atoms with Gasteiger partial charge in [-0.2, -0.15) is 0 Å². The number of hydrogen-bond acceptors (Lipinski definition) is 5. The van der Waals surface area contributed by atoms with Crippen LogP contribution in [-0.2, 0) is 25.3 Å². The molecule has 9 heteroatoms. The zero-order valence-electron chi connectivity index (χ0n) is 21.0. The Morgan fingerprint density at radius 3 is 2.30 bits per heavy atom. The van der Waals surface area contributed by atoms with Gasteiger partial charge >= 0.3 is 13.2 Å². The van der Waals surface area contributed by atoms with Gasteiger partial charge in [-0.15, -0.1) is 0 Å². The van der Waals surface area contributed by atoms with E-state index in [1.807, 2.05) is 55.4 Å². The van der Waals surface area contributed by atoms with Crippen molar-refractivity contribution in [3.8, 4) is 0 Å². The fourth-order valence-corrected chi connectivity index (χ4v) is 3.91. The first kappa shape index (κ1) is 25.5. The average molecular weight is 462 g/mol. The normalized spacial score (nSPS) is 22.5. The van der Waals surface area contributed by atoms with Gasteiger partial charge in [-0.25, -0.2) is 9.18 Å². The van der Waals surface area contributed by atoms with E-state index in [2.05, 4.69) is 0 Å². The maximum atomic E-state index is 14.6. The van der Waals surface area contributed by atoms with Crippen LogP contribution in [0.1, 0.15) is 61.0 Å². The fourth-order valence-electron chi connectivity index (χ4n) is 3.91. The number of rotatable bonds is 3. The van der Waals surface area contributed by atoms with Crippen molar-refractivity contribution in [3.63, 3.8) is 0 Å². The van der Waals surface area contributed by atoms with Crippen LogP contribution >= 0.6 is 0 Å². The number of amides is 2. The lowest BCUT2D eigenvalue weighted by Gasteiger charge is -2.40. The molecule has 0 radical (unpaired) electrons. The predicted octanol–water partition coefficient (Wildman–Crippen LogP) is 3.14. The van der Waals surface area contributed by atoms with Crippen LogP contribution in [0.3, 0.4) is 0 Å². The molecular formula is C24H36BFN2O5. The van der Waals surface area contributed by atoms with E-state index in [0.29, 0.717) is 30.7 Å². The molecule has 2 aliphatic heterocycles. The van der Waals surface area contributed by atoms with Gasteiger partial charge in [-0.05, 0) is 72.5 Å². The van der Waals surface area contributed by atoms with Crippen molar-refractivity contribution in [2.45, 2.75) is 84.7 Å². The van der Waals surface area contributed by atoms with Gasteiger partial charge in [-0.1, -0.05) is 12.1 Å². The van der Waals surface area contributed by atoms with E-state index < -0.39 is 29.7 Å². The molecule has 182 valence electrons. The zero-order valence-corrected chi connectivity index (χ0v) is 21.0. The van der Waals surface area contributed by atoms with Gasteiger partial charge in [0.2, 0.25) is 5.91 Å². The molecule has 2 aliphatic rings. The molecule has 0 N–H and O–H groups in total. The molecule has 7 nitrogen and oxygen atoms in total. The van der Waals surface area contributed by atoms with Crippen molar-refractivity contribution in [2.24, 2.45) is 0 Å². The third-order valence-corrected chi connectivity index (χ3v) is 6.55. The van der Waals surface area contributed by atoms with Crippen molar-refractivity contribution in [2.75, 3.05) is 19.6 Å². The van der Waals surface area contributed by atoms with Crippen LogP contribution in [0.5, 0.6) is 0 Å². The van der Waals surface area contributed by atoms with E-state index in [1.165, 1.54) is 6.07 Å². The van der Waals surface area contributed by atoms with E-state index >= 15 is 0 Å². The Bertz CT molecular complexity index is 899. The van der Waals surface area contributed by atoms with Crippen LogP contribution in [0.4, 0.5) is 9.18 Å². The summed E-state index contributed by atoms with van der Waals surface area (Å²) in [7, 11) is -0.623. The molecule has 0 saturated carbocycles. The Hall–Kier alpha value is -2.13. The molecular weight excluding hydrogens is 426 g/mol. The molecule has 1 aromatic rings. The minimum absolute atomic E-state index is 0.0711. The SMILES string of the molecule is C[C@H]1CN(C(=O)Cc2cc(B3OC(C)(C)C(C)(C)O3)ccc2F)CCN1C(=O)OC(C)(C)C. The van der Waals surface area contributed by atoms with Crippen molar-refractivity contribution in [3.05, 3.63) is 29.6 Å². The molecule has 0 unspecified atom stereocenters. The zero-order chi connectivity index (χ0) is 24.8. The third kappa shape index (κ3) is 5.69. The van der Waals surface area contributed by atoms with Crippen LogP contribution in [0.15, 0.2) is 18.2 Å². The maximum absolute atomic E-state index is 14.6. The first-order valence-electron chi connectivity index (χ1n) is 11.5. The molecule has 1 atom stereocenters. The molecule has 0 spiro atoms. The lowest BCUT2D eigenvalue weighted by molar-refractivity contribution is -0.133. The number of carbonyl (C=O) groups excluding carboxylic acids is 2. The molecule has 33 heavy (non-hydrogen) atoms.